The molecule has 0 heterocycles. The standard InChI is InChI=1S/2C2H2F4O6S2.Zn/c2*3-1(4)13(7,8)12-2(5,6)14(9,10)11;/h2*1H,(H,9,10,11);/q;;+2/p-2. The first kappa shape index (κ1) is 33.3. The van der Waals surface area contributed by atoms with Crippen molar-refractivity contribution in [2.75, 3.05) is 0 Å². The van der Waals surface area contributed by atoms with Crippen LogP contribution in [0.2, 0.25) is 0 Å². The van der Waals surface area contributed by atoms with Gasteiger partial charge in [0.15, 0.2) is 20.2 Å². The van der Waals surface area contributed by atoms with Gasteiger partial charge in [-0.15, -0.1) is 0 Å². The molecule has 0 saturated heterocycles. The van der Waals surface area contributed by atoms with Crippen molar-refractivity contribution < 1.29 is 106 Å². The van der Waals surface area contributed by atoms with Crippen LogP contribution in [-0.4, -0.2) is 65.2 Å². The first-order valence-corrected chi connectivity index (χ1v) is 10.7. The summed E-state index contributed by atoms with van der Waals surface area (Å²) in [7, 11) is -25.2. The Labute approximate surface area is 168 Å². The molecule has 172 valence electrons. The Balaban J connectivity index is -0.000000451. The van der Waals surface area contributed by atoms with E-state index in [1.54, 1.807) is 0 Å². The zero-order valence-electron chi connectivity index (χ0n) is 12.4. The molecule has 0 bridgehead atoms. The van der Waals surface area contributed by atoms with E-state index in [9.17, 15) is 77.9 Å². The second-order valence-corrected chi connectivity index (χ2v) is 9.29. The minimum Gasteiger partial charge on any atom is -0.741 e. The fourth-order valence-electron chi connectivity index (χ4n) is 0.427. The molecular weight excluding hydrogens is 586 g/mol. The maximum atomic E-state index is 12.0. The average Bonchev–Trinajstić information content (AvgIpc) is 2.33. The quantitative estimate of drug-likeness (QED) is 0.150. The monoisotopic (exact) mass is 586 g/mol. The van der Waals surface area contributed by atoms with Gasteiger partial charge in [-0.1, -0.05) is 0 Å². The molecule has 0 N–H and O–H groups in total. The number of rotatable bonds is 8. The minimum atomic E-state index is -6.49. The maximum Gasteiger partial charge on any atom is 2.00 e. The molecule has 29 heavy (non-hydrogen) atoms. The van der Waals surface area contributed by atoms with Gasteiger partial charge in [0.2, 0.25) is 0 Å². The van der Waals surface area contributed by atoms with Crippen LogP contribution in [0.25, 0.3) is 0 Å². The molecule has 0 aliphatic rings. The Morgan fingerprint density at radius 2 is 0.759 bits per heavy atom. The number of alkyl halides is 8. The molecule has 0 rings (SSSR count). The van der Waals surface area contributed by atoms with Crippen molar-refractivity contribution in [3.8, 4) is 0 Å². The topological polar surface area (TPSA) is 201 Å². The molecule has 0 atom stereocenters. The van der Waals surface area contributed by atoms with E-state index < -0.39 is 62.9 Å². The van der Waals surface area contributed by atoms with Crippen molar-refractivity contribution in [1.82, 2.24) is 0 Å². The molecule has 12 nitrogen and oxygen atoms in total. The van der Waals surface area contributed by atoms with Gasteiger partial charge in [0, 0.05) is 0 Å². The fourth-order valence-corrected chi connectivity index (χ4v) is 2.35. The summed E-state index contributed by atoms with van der Waals surface area (Å²) in [6.45, 7) is 0. The Bertz CT molecular complexity index is 873. The Kier molecular flexibility index (Phi) is 11.9. The van der Waals surface area contributed by atoms with Crippen LogP contribution in [0.3, 0.4) is 0 Å². The van der Waals surface area contributed by atoms with E-state index >= 15 is 0 Å². The van der Waals surface area contributed by atoms with Gasteiger partial charge in [-0.3, -0.25) is 0 Å². The summed E-state index contributed by atoms with van der Waals surface area (Å²) < 4.78 is 195. The molecule has 25 heteroatoms. The van der Waals surface area contributed by atoms with Crippen molar-refractivity contribution >= 4 is 40.5 Å². The molecule has 0 aromatic heterocycles. The van der Waals surface area contributed by atoms with Crippen molar-refractivity contribution in [3.05, 3.63) is 0 Å². The predicted octanol–water partition coefficient (Wildman–Crippen LogP) is -0.701. The van der Waals surface area contributed by atoms with Crippen LogP contribution >= 0.6 is 0 Å². The van der Waals surface area contributed by atoms with Crippen LogP contribution in [0.1, 0.15) is 0 Å². The molecule has 0 unspecified atom stereocenters. The molecule has 0 aliphatic carbocycles. The summed E-state index contributed by atoms with van der Waals surface area (Å²) in [5, 5.41) is 0. The number of hydrogen-bond acceptors (Lipinski definition) is 12. The molecule has 0 aromatic rings. The molecule has 0 radical (unpaired) electrons. The zero-order chi connectivity index (χ0) is 23.6. The molecule has 0 fully saturated rings. The minimum absolute atomic E-state index is 0. The summed E-state index contributed by atoms with van der Waals surface area (Å²) in [6.07, 6.45) is 0. The van der Waals surface area contributed by atoms with Gasteiger partial charge in [0.05, 0.1) is 0 Å². The molecule has 0 aliphatic heterocycles. The van der Waals surface area contributed by atoms with Crippen LogP contribution in [0, 0.1) is 0 Å². The summed E-state index contributed by atoms with van der Waals surface area (Å²) in [5.74, 6) is -8.76. The first-order chi connectivity index (χ1) is 11.8. The van der Waals surface area contributed by atoms with Gasteiger partial charge in [-0.05, 0) is 0 Å². The first-order valence-electron chi connectivity index (χ1n) is 4.92. The Morgan fingerprint density at radius 1 is 0.586 bits per heavy atom. The summed E-state index contributed by atoms with van der Waals surface area (Å²) in [5.41, 5.74) is -11.5. The van der Waals surface area contributed by atoms with Crippen molar-refractivity contribution in [1.29, 1.82) is 0 Å². The zero-order valence-corrected chi connectivity index (χ0v) is 18.7. The van der Waals surface area contributed by atoms with E-state index in [4.69, 9.17) is 0 Å². The normalized spacial score (nSPS) is 14.2. The van der Waals surface area contributed by atoms with Crippen molar-refractivity contribution in [2.45, 2.75) is 22.4 Å². The summed E-state index contributed by atoms with van der Waals surface area (Å²) >= 11 is 0. The third kappa shape index (κ3) is 10.5. The average molecular weight is 588 g/mol. The van der Waals surface area contributed by atoms with Crippen LogP contribution in [-0.2, 0) is 68.3 Å². The van der Waals surface area contributed by atoms with Crippen LogP contribution in [0.15, 0.2) is 0 Å². The van der Waals surface area contributed by atoms with E-state index in [-0.39, 0.29) is 19.5 Å². The van der Waals surface area contributed by atoms with Crippen LogP contribution < -0.4 is 0 Å². The van der Waals surface area contributed by atoms with Gasteiger partial charge >= 0.3 is 62.1 Å². The molecule has 0 saturated carbocycles. The van der Waals surface area contributed by atoms with Gasteiger partial charge < -0.3 is 9.11 Å². The number of hydrogen-bond donors (Lipinski definition) is 0. The predicted molar refractivity (Wildman–Crippen MR) is 61.3 cm³/mol. The fraction of sp³-hybridized carbons (Fsp3) is 1.00. The molecule has 0 amide bonds. The molecule has 0 aromatic carbocycles. The second-order valence-electron chi connectivity index (χ2n) is 3.51. The van der Waals surface area contributed by atoms with Gasteiger partial charge in [0.25, 0.3) is 0 Å². The SMILES string of the molecule is O=S(=O)(OC(F)(F)S(=O)(=O)[O-])C(F)F.O=S(=O)(OC(F)(F)S(=O)(=O)[O-])C(F)F.[Zn+2]. The summed E-state index contributed by atoms with van der Waals surface area (Å²) in [6, 6.07) is 0. The van der Waals surface area contributed by atoms with E-state index in [2.05, 4.69) is 8.37 Å². The van der Waals surface area contributed by atoms with Crippen LogP contribution in [0.4, 0.5) is 35.1 Å². The molecule has 0 spiro atoms. The smallest absolute Gasteiger partial charge is 0.741 e. The van der Waals surface area contributed by atoms with Gasteiger partial charge in [0.1, 0.15) is 0 Å². The Morgan fingerprint density at radius 3 is 0.862 bits per heavy atom. The van der Waals surface area contributed by atoms with E-state index in [0.29, 0.717) is 0 Å². The summed E-state index contributed by atoms with van der Waals surface area (Å²) in [4.78, 5) is 0. The van der Waals surface area contributed by atoms with Crippen molar-refractivity contribution in [2.24, 2.45) is 0 Å². The largest absolute Gasteiger partial charge is 2.00 e. The third-order valence-electron chi connectivity index (χ3n) is 1.44. The van der Waals surface area contributed by atoms with Crippen molar-refractivity contribution in [3.63, 3.8) is 0 Å². The van der Waals surface area contributed by atoms with E-state index in [1.165, 1.54) is 0 Å². The maximum absolute atomic E-state index is 12.0. The van der Waals surface area contributed by atoms with E-state index in [0.717, 1.165) is 0 Å². The van der Waals surface area contributed by atoms with Gasteiger partial charge in [-0.25, -0.2) is 16.8 Å². The third-order valence-corrected chi connectivity index (χ3v) is 4.74. The van der Waals surface area contributed by atoms with Crippen LogP contribution in [0.5, 0.6) is 0 Å². The van der Waals surface area contributed by atoms with E-state index in [1.807, 2.05) is 0 Å². The molecular formula is C4H2F8O12S4Zn. The van der Waals surface area contributed by atoms with Gasteiger partial charge in [-0.2, -0.15) is 60.3 Å². The number of halogens is 8. The Hall–Kier alpha value is -0.297. The second kappa shape index (κ2) is 10.3.